The molecule has 0 aliphatic heterocycles. The van der Waals surface area contributed by atoms with Crippen LogP contribution in [-0.4, -0.2) is 0 Å². The summed E-state index contributed by atoms with van der Waals surface area (Å²) in [6.07, 6.45) is 0. The zero-order valence-electron chi connectivity index (χ0n) is 28.3. The summed E-state index contributed by atoms with van der Waals surface area (Å²) in [5.74, 6) is 0. The highest BCUT2D eigenvalue weighted by Gasteiger charge is 2.35. The second kappa shape index (κ2) is 12.1. The van der Waals surface area contributed by atoms with E-state index in [4.69, 9.17) is 0 Å². The van der Waals surface area contributed by atoms with Crippen LogP contribution in [0.1, 0.15) is 25.0 Å². The number of nitrogens with zero attached hydrogens (tertiary/aromatic N) is 1. The minimum Gasteiger partial charge on any atom is -0.310 e. The largest absolute Gasteiger partial charge is 0.310 e. The molecule has 1 aliphatic rings. The number of fused-ring (bicyclic) bond motifs is 4. The van der Waals surface area contributed by atoms with Crippen molar-refractivity contribution < 1.29 is 0 Å². The quantitative estimate of drug-likeness (QED) is 0.175. The average Bonchev–Trinajstić information content (AvgIpc) is 3.40. The SMILES string of the molecule is CC1(C)c2ccccc2-c2cc3cc(N(c4ccc(-c5ccccc5)cc4)c4ccccc4-c4ccccc4-c4ccccc4)ccc3cc21. The maximum atomic E-state index is 2.43. The highest BCUT2D eigenvalue weighted by Crippen LogP contribution is 2.50. The fourth-order valence-corrected chi connectivity index (χ4v) is 7.92. The first-order valence-corrected chi connectivity index (χ1v) is 17.4. The topological polar surface area (TPSA) is 3.24 Å². The molecule has 0 radical (unpaired) electrons. The predicted octanol–water partition coefficient (Wildman–Crippen LogP) is 13.6. The Hall–Kier alpha value is -6.18. The van der Waals surface area contributed by atoms with Crippen molar-refractivity contribution in [3.05, 3.63) is 199 Å². The molecule has 0 saturated heterocycles. The molecular weight excluding hydrogens is 603 g/mol. The predicted molar refractivity (Wildman–Crippen MR) is 213 cm³/mol. The highest BCUT2D eigenvalue weighted by molar-refractivity contribution is 5.98. The maximum absolute atomic E-state index is 2.43. The molecule has 238 valence electrons. The molecule has 50 heavy (non-hydrogen) atoms. The van der Waals surface area contributed by atoms with Crippen molar-refractivity contribution >= 4 is 27.8 Å². The molecule has 9 rings (SSSR count). The molecule has 0 N–H and O–H groups in total. The second-order valence-electron chi connectivity index (χ2n) is 13.8. The Balaban J connectivity index is 1.24. The van der Waals surface area contributed by atoms with Gasteiger partial charge in [-0.05, 0) is 103 Å². The number of hydrogen-bond donors (Lipinski definition) is 0. The van der Waals surface area contributed by atoms with E-state index in [0.29, 0.717) is 0 Å². The van der Waals surface area contributed by atoms with Crippen LogP contribution in [-0.2, 0) is 5.41 Å². The molecule has 0 fully saturated rings. The maximum Gasteiger partial charge on any atom is 0.0540 e. The molecule has 0 spiro atoms. The van der Waals surface area contributed by atoms with Crippen LogP contribution >= 0.6 is 0 Å². The van der Waals surface area contributed by atoms with Gasteiger partial charge >= 0.3 is 0 Å². The van der Waals surface area contributed by atoms with Crippen molar-refractivity contribution in [2.24, 2.45) is 0 Å². The van der Waals surface area contributed by atoms with E-state index >= 15 is 0 Å². The van der Waals surface area contributed by atoms with Gasteiger partial charge in [0, 0.05) is 22.4 Å². The summed E-state index contributed by atoms with van der Waals surface area (Å²) in [7, 11) is 0. The van der Waals surface area contributed by atoms with E-state index < -0.39 is 0 Å². The van der Waals surface area contributed by atoms with Crippen LogP contribution in [0.15, 0.2) is 188 Å². The summed E-state index contributed by atoms with van der Waals surface area (Å²) < 4.78 is 0. The van der Waals surface area contributed by atoms with E-state index in [9.17, 15) is 0 Å². The number of rotatable bonds is 6. The third kappa shape index (κ3) is 5.02. The second-order valence-corrected chi connectivity index (χ2v) is 13.8. The third-order valence-corrected chi connectivity index (χ3v) is 10.5. The highest BCUT2D eigenvalue weighted by atomic mass is 15.1. The van der Waals surface area contributed by atoms with Crippen molar-refractivity contribution in [3.8, 4) is 44.5 Å². The summed E-state index contributed by atoms with van der Waals surface area (Å²) in [5, 5.41) is 2.50. The van der Waals surface area contributed by atoms with Gasteiger partial charge < -0.3 is 4.90 Å². The number of anilines is 3. The monoisotopic (exact) mass is 639 g/mol. The van der Waals surface area contributed by atoms with Gasteiger partial charge in [0.1, 0.15) is 0 Å². The standard InChI is InChI=1S/C49H37N/c1-49(2)46-23-13-11-21-43(46)45-32-38-31-40(30-27-37(38)33-47(45)49)50(39-28-25-35(26-29-39)34-15-5-3-6-16-34)48-24-14-12-22-44(48)42-20-10-9-19-41(42)36-17-7-4-8-18-36/h3-33H,1-2H3. The van der Waals surface area contributed by atoms with Crippen molar-refractivity contribution in [3.63, 3.8) is 0 Å². The molecule has 1 aliphatic carbocycles. The van der Waals surface area contributed by atoms with Gasteiger partial charge in [0.05, 0.1) is 5.69 Å². The van der Waals surface area contributed by atoms with Gasteiger partial charge in [0.25, 0.3) is 0 Å². The van der Waals surface area contributed by atoms with Gasteiger partial charge in [-0.3, -0.25) is 0 Å². The summed E-state index contributed by atoms with van der Waals surface area (Å²) in [6, 6.07) is 68.6. The lowest BCUT2D eigenvalue weighted by atomic mass is 9.82. The molecule has 0 saturated carbocycles. The molecule has 1 heteroatoms. The molecular formula is C49H37N. The van der Waals surface area contributed by atoms with Crippen LogP contribution in [0.25, 0.3) is 55.3 Å². The van der Waals surface area contributed by atoms with E-state index in [1.54, 1.807) is 0 Å². The van der Waals surface area contributed by atoms with Gasteiger partial charge in [-0.2, -0.15) is 0 Å². The average molecular weight is 640 g/mol. The fraction of sp³-hybridized carbons (Fsp3) is 0.0612. The van der Waals surface area contributed by atoms with Crippen LogP contribution in [0.5, 0.6) is 0 Å². The first-order valence-electron chi connectivity index (χ1n) is 17.4. The van der Waals surface area contributed by atoms with Crippen LogP contribution in [0.2, 0.25) is 0 Å². The number of para-hydroxylation sites is 1. The van der Waals surface area contributed by atoms with Gasteiger partial charge in [0.2, 0.25) is 0 Å². The van der Waals surface area contributed by atoms with E-state index in [1.165, 1.54) is 66.4 Å². The Morgan fingerprint density at radius 2 is 0.900 bits per heavy atom. The summed E-state index contributed by atoms with van der Waals surface area (Å²) >= 11 is 0. The first-order chi connectivity index (χ1) is 24.6. The Morgan fingerprint density at radius 3 is 1.64 bits per heavy atom. The summed E-state index contributed by atoms with van der Waals surface area (Å²) in [5.41, 5.74) is 16.1. The van der Waals surface area contributed by atoms with Gasteiger partial charge in [-0.25, -0.2) is 0 Å². The lowest BCUT2D eigenvalue weighted by Gasteiger charge is -2.29. The van der Waals surface area contributed by atoms with Crippen molar-refractivity contribution in [1.82, 2.24) is 0 Å². The van der Waals surface area contributed by atoms with Crippen molar-refractivity contribution in [2.45, 2.75) is 19.3 Å². The molecule has 8 aromatic rings. The first kappa shape index (κ1) is 29.9. The molecule has 1 nitrogen and oxygen atoms in total. The van der Waals surface area contributed by atoms with Crippen molar-refractivity contribution in [2.75, 3.05) is 4.90 Å². The lowest BCUT2D eigenvalue weighted by Crippen LogP contribution is -2.14. The van der Waals surface area contributed by atoms with Crippen molar-refractivity contribution in [1.29, 1.82) is 0 Å². The van der Waals surface area contributed by atoms with E-state index in [0.717, 1.165) is 17.1 Å². The Morgan fingerprint density at radius 1 is 0.340 bits per heavy atom. The zero-order chi connectivity index (χ0) is 33.7. The van der Waals surface area contributed by atoms with Crippen LogP contribution < -0.4 is 4.90 Å². The molecule has 8 aromatic carbocycles. The number of hydrogen-bond acceptors (Lipinski definition) is 1. The van der Waals surface area contributed by atoms with Crippen LogP contribution in [0.3, 0.4) is 0 Å². The minimum absolute atomic E-state index is 0.0313. The Labute approximate surface area is 294 Å². The van der Waals surface area contributed by atoms with E-state index in [2.05, 4.69) is 207 Å². The molecule has 0 amide bonds. The summed E-state index contributed by atoms with van der Waals surface area (Å²) in [4.78, 5) is 2.43. The third-order valence-electron chi connectivity index (χ3n) is 10.5. The Bertz CT molecular complexity index is 2490. The van der Waals surface area contributed by atoms with E-state index in [1.807, 2.05) is 0 Å². The summed E-state index contributed by atoms with van der Waals surface area (Å²) in [6.45, 7) is 4.70. The van der Waals surface area contributed by atoms with Gasteiger partial charge in [-0.15, -0.1) is 0 Å². The van der Waals surface area contributed by atoms with Gasteiger partial charge in [-0.1, -0.05) is 159 Å². The van der Waals surface area contributed by atoms with E-state index in [-0.39, 0.29) is 5.41 Å². The lowest BCUT2D eigenvalue weighted by molar-refractivity contribution is 0.661. The molecule has 0 aromatic heterocycles. The minimum atomic E-state index is -0.0313. The molecule has 0 heterocycles. The molecule has 0 unspecified atom stereocenters. The fourth-order valence-electron chi connectivity index (χ4n) is 7.92. The molecule has 0 atom stereocenters. The van der Waals surface area contributed by atoms with Crippen LogP contribution in [0.4, 0.5) is 17.1 Å². The molecule has 0 bridgehead atoms. The smallest absolute Gasteiger partial charge is 0.0540 e. The van der Waals surface area contributed by atoms with Crippen LogP contribution in [0, 0.1) is 0 Å². The Kier molecular flexibility index (Phi) is 7.21. The van der Waals surface area contributed by atoms with Gasteiger partial charge in [0.15, 0.2) is 0 Å². The zero-order valence-corrected chi connectivity index (χ0v) is 28.3. The number of benzene rings is 8. The normalized spacial score (nSPS) is 12.8.